The second kappa shape index (κ2) is 9.06. The van der Waals surface area contributed by atoms with Crippen molar-refractivity contribution in [3.8, 4) is 0 Å². The second-order valence-electron chi connectivity index (χ2n) is 6.59. The second-order valence-corrected chi connectivity index (χ2v) is 6.59. The predicted octanol–water partition coefficient (Wildman–Crippen LogP) is 4.03. The first-order chi connectivity index (χ1) is 9.88. The maximum absolute atomic E-state index is 9.98. The smallest absolute Gasteiger partial charge is 0.0945 e. The standard InChI is InChI=1S/C18H31NO2/c1-13(2)9-15(5)21-12-18(20)11-19-17-8-6-7-16(10-17)14(3)4/h6-8,10,13-15,18-20H,9,11-12H2,1-5H3. The number of benzene rings is 1. The van der Waals surface area contributed by atoms with Gasteiger partial charge in [-0.15, -0.1) is 0 Å². The summed E-state index contributed by atoms with van der Waals surface area (Å²) in [6, 6.07) is 8.34. The number of aliphatic hydroxyl groups excluding tert-OH is 1. The molecular weight excluding hydrogens is 262 g/mol. The molecule has 1 aromatic rings. The summed E-state index contributed by atoms with van der Waals surface area (Å²) in [4.78, 5) is 0. The Balaban J connectivity index is 2.32. The predicted molar refractivity (Wildman–Crippen MR) is 89.9 cm³/mol. The highest BCUT2D eigenvalue weighted by atomic mass is 16.5. The zero-order valence-corrected chi connectivity index (χ0v) is 14.1. The highest BCUT2D eigenvalue weighted by Crippen LogP contribution is 2.18. The van der Waals surface area contributed by atoms with Gasteiger partial charge in [-0.25, -0.2) is 0 Å². The first-order valence-corrected chi connectivity index (χ1v) is 8.02. The lowest BCUT2D eigenvalue weighted by molar-refractivity contribution is -0.00443. The Kier molecular flexibility index (Phi) is 7.76. The summed E-state index contributed by atoms with van der Waals surface area (Å²) in [6.45, 7) is 11.7. The molecule has 2 atom stereocenters. The van der Waals surface area contributed by atoms with Gasteiger partial charge in [0.2, 0.25) is 0 Å². The first kappa shape index (κ1) is 18.0. The van der Waals surface area contributed by atoms with Crippen LogP contribution < -0.4 is 5.32 Å². The number of anilines is 1. The van der Waals surface area contributed by atoms with Gasteiger partial charge in [0.15, 0.2) is 0 Å². The largest absolute Gasteiger partial charge is 0.389 e. The van der Waals surface area contributed by atoms with Crippen LogP contribution in [0, 0.1) is 5.92 Å². The summed E-state index contributed by atoms with van der Waals surface area (Å²) in [5, 5.41) is 13.3. The van der Waals surface area contributed by atoms with E-state index in [1.165, 1.54) is 5.56 Å². The third kappa shape index (κ3) is 7.49. The SMILES string of the molecule is CC(C)CC(C)OCC(O)CNc1cccc(C(C)C)c1. The van der Waals surface area contributed by atoms with E-state index in [9.17, 15) is 5.11 Å². The van der Waals surface area contributed by atoms with Crippen molar-refractivity contribution in [1.82, 2.24) is 0 Å². The molecule has 3 heteroatoms. The van der Waals surface area contributed by atoms with E-state index in [-0.39, 0.29) is 6.10 Å². The fourth-order valence-corrected chi connectivity index (χ4v) is 2.31. The van der Waals surface area contributed by atoms with Gasteiger partial charge in [-0.3, -0.25) is 0 Å². The normalized spacial score (nSPS) is 14.5. The minimum atomic E-state index is -0.484. The van der Waals surface area contributed by atoms with Crippen molar-refractivity contribution < 1.29 is 9.84 Å². The monoisotopic (exact) mass is 293 g/mol. The van der Waals surface area contributed by atoms with Crippen LogP contribution in [0.15, 0.2) is 24.3 Å². The van der Waals surface area contributed by atoms with Gasteiger partial charge in [0, 0.05) is 12.2 Å². The van der Waals surface area contributed by atoms with Crippen LogP contribution in [0.5, 0.6) is 0 Å². The molecule has 1 rings (SSSR count). The number of nitrogens with one attached hydrogen (secondary N) is 1. The molecular formula is C18H31NO2. The molecule has 21 heavy (non-hydrogen) atoms. The summed E-state index contributed by atoms with van der Waals surface area (Å²) in [5.74, 6) is 1.13. The molecule has 0 aromatic heterocycles. The third-order valence-corrected chi connectivity index (χ3v) is 3.47. The van der Waals surface area contributed by atoms with Gasteiger partial charge in [-0.1, -0.05) is 39.8 Å². The molecule has 0 aliphatic carbocycles. The summed E-state index contributed by atoms with van der Waals surface area (Å²) in [5.41, 5.74) is 2.35. The molecule has 0 aliphatic heterocycles. The fourth-order valence-electron chi connectivity index (χ4n) is 2.31. The number of aliphatic hydroxyl groups is 1. The molecule has 0 spiro atoms. The topological polar surface area (TPSA) is 41.5 Å². The van der Waals surface area contributed by atoms with Gasteiger partial charge in [-0.05, 0) is 42.9 Å². The van der Waals surface area contributed by atoms with Crippen molar-refractivity contribution in [3.63, 3.8) is 0 Å². The molecule has 0 bridgehead atoms. The fraction of sp³-hybridized carbons (Fsp3) is 0.667. The number of hydrogen-bond donors (Lipinski definition) is 2. The maximum Gasteiger partial charge on any atom is 0.0945 e. The molecule has 3 nitrogen and oxygen atoms in total. The average Bonchev–Trinajstić information content (AvgIpc) is 2.42. The summed E-state index contributed by atoms with van der Waals surface area (Å²) >= 11 is 0. The molecule has 0 heterocycles. The van der Waals surface area contributed by atoms with Crippen molar-refractivity contribution in [2.24, 2.45) is 5.92 Å². The molecule has 120 valence electrons. The summed E-state index contributed by atoms with van der Waals surface area (Å²) in [6.07, 6.45) is 0.738. The van der Waals surface area contributed by atoms with Crippen LogP contribution in [0.3, 0.4) is 0 Å². The average molecular weight is 293 g/mol. The van der Waals surface area contributed by atoms with Gasteiger partial charge >= 0.3 is 0 Å². The molecule has 0 fully saturated rings. The summed E-state index contributed by atoms with van der Waals surface area (Å²) < 4.78 is 5.67. The van der Waals surface area contributed by atoms with Crippen LogP contribution in [0.2, 0.25) is 0 Å². The molecule has 0 radical (unpaired) electrons. The lowest BCUT2D eigenvalue weighted by Gasteiger charge is -2.19. The number of rotatable bonds is 9. The lowest BCUT2D eigenvalue weighted by Crippen LogP contribution is -2.27. The van der Waals surface area contributed by atoms with Crippen molar-refractivity contribution in [2.45, 2.75) is 59.2 Å². The molecule has 1 aromatic carbocycles. The van der Waals surface area contributed by atoms with E-state index >= 15 is 0 Å². The van der Waals surface area contributed by atoms with Crippen molar-refractivity contribution in [3.05, 3.63) is 29.8 Å². The lowest BCUT2D eigenvalue weighted by atomic mass is 10.0. The zero-order valence-electron chi connectivity index (χ0n) is 14.1. The van der Waals surface area contributed by atoms with E-state index in [0.29, 0.717) is 25.0 Å². The first-order valence-electron chi connectivity index (χ1n) is 8.02. The minimum absolute atomic E-state index is 0.198. The molecule has 0 amide bonds. The van der Waals surface area contributed by atoms with Crippen LogP contribution in [0.25, 0.3) is 0 Å². The zero-order chi connectivity index (χ0) is 15.8. The van der Waals surface area contributed by atoms with E-state index in [1.807, 2.05) is 12.1 Å². The van der Waals surface area contributed by atoms with Crippen LogP contribution >= 0.6 is 0 Å². The van der Waals surface area contributed by atoms with E-state index in [2.05, 4.69) is 52.1 Å². The quantitative estimate of drug-likeness (QED) is 0.722. The minimum Gasteiger partial charge on any atom is -0.389 e. The Hall–Kier alpha value is -1.06. The van der Waals surface area contributed by atoms with Crippen LogP contribution in [0.1, 0.15) is 52.5 Å². The van der Waals surface area contributed by atoms with Crippen molar-refractivity contribution >= 4 is 5.69 Å². The Morgan fingerprint density at radius 1 is 1.14 bits per heavy atom. The van der Waals surface area contributed by atoms with E-state index < -0.39 is 6.10 Å². The molecule has 2 N–H and O–H groups in total. The highest BCUT2D eigenvalue weighted by Gasteiger charge is 2.10. The van der Waals surface area contributed by atoms with Crippen molar-refractivity contribution in [2.75, 3.05) is 18.5 Å². The molecule has 0 saturated carbocycles. The Labute approximate surface area is 129 Å². The number of ether oxygens (including phenoxy) is 1. The highest BCUT2D eigenvalue weighted by molar-refractivity contribution is 5.46. The van der Waals surface area contributed by atoms with E-state index in [1.54, 1.807) is 0 Å². The third-order valence-electron chi connectivity index (χ3n) is 3.47. The molecule has 2 unspecified atom stereocenters. The van der Waals surface area contributed by atoms with Gasteiger partial charge in [0.05, 0.1) is 18.8 Å². The van der Waals surface area contributed by atoms with Gasteiger partial charge < -0.3 is 15.2 Å². The van der Waals surface area contributed by atoms with Crippen molar-refractivity contribution in [1.29, 1.82) is 0 Å². The Bertz CT molecular complexity index is 404. The maximum atomic E-state index is 9.98. The van der Waals surface area contributed by atoms with E-state index in [0.717, 1.165) is 12.1 Å². The Morgan fingerprint density at radius 2 is 1.86 bits per heavy atom. The molecule has 0 saturated heterocycles. The summed E-state index contributed by atoms with van der Waals surface area (Å²) in [7, 11) is 0. The van der Waals surface area contributed by atoms with E-state index in [4.69, 9.17) is 4.74 Å². The Morgan fingerprint density at radius 3 is 2.48 bits per heavy atom. The molecule has 0 aliphatic rings. The number of hydrogen-bond acceptors (Lipinski definition) is 3. The van der Waals surface area contributed by atoms with Gasteiger partial charge in [0.1, 0.15) is 0 Å². The van der Waals surface area contributed by atoms with Gasteiger partial charge in [0.25, 0.3) is 0 Å². The van der Waals surface area contributed by atoms with Crippen LogP contribution in [-0.4, -0.2) is 30.5 Å². The van der Waals surface area contributed by atoms with Crippen LogP contribution in [-0.2, 0) is 4.74 Å². The van der Waals surface area contributed by atoms with Gasteiger partial charge in [-0.2, -0.15) is 0 Å². The van der Waals surface area contributed by atoms with Crippen LogP contribution in [0.4, 0.5) is 5.69 Å².